The molecule has 1 spiro atoms. The normalized spacial score (nSPS) is 57.2. The molecule has 0 bridgehead atoms. The van der Waals surface area contributed by atoms with Gasteiger partial charge >= 0.3 is 5.97 Å². The van der Waals surface area contributed by atoms with Crippen LogP contribution in [0.25, 0.3) is 0 Å². The number of fused-ring (bicyclic) bond motifs is 2. The Kier molecular flexibility index (Phi) is 3.61. The van der Waals surface area contributed by atoms with Crippen LogP contribution in [0.4, 0.5) is 0 Å². The molecule has 5 fully saturated rings. The monoisotopic (exact) mass is 348 g/mol. The molecular formula is C21H34NO3+. The number of hydrogen-bond donors (Lipinski definition) is 1. The Morgan fingerprint density at radius 3 is 2.88 bits per heavy atom. The highest BCUT2D eigenvalue weighted by Gasteiger charge is 2.78. The second-order valence-corrected chi connectivity index (χ2v) is 10.2. The average Bonchev–Trinajstić information content (AvgIpc) is 3.23. The van der Waals surface area contributed by atoms with Crippen LogP contribution in [0.2, 0.25) is 0 Å². The summed E-state index contributed by atoms with van der Waals surface area (Å²) < 4.78 is 12.5. The lowest BCUT2D eigenvalue weighted by Gasteiger charge is -2.48. The number of hydrogen-bond acceptors (Lipinski definition) is 3. The molecule has 9 atom stereocenters. The fourth-order valence-corrected chi connectivity index (χ4v) is 7.36. The minimum atomic E-state index is 0.0448. The molecule has 5 rings (SSSR count). The fraction of sp³-hybridized carbons (Fsp3) is 0.952. The lowest BCUT2D eigenvalue weighted by atomic mass is 9.53. The second-order valence-electron chi connectivity index (χ2n) is 10.2. The van der Waals surface area contributed by atoms with Crippen molar-refractivity contribution < 1.29 is 19.2 Å². The molecule has 0 amide bonds. The average molecular weight is 349 g/mol. The van der Waals surface area contributed by atoms with Crippen molar-refractivity contribution in [2.45, 2.75) is 77.1 Å². The van der Waals surface area contributed by atoms with Crippen molar-refractivity contribution in [3.63, 3.8) is 0 Å². The van der Waals surface area contributed by atoms with Gasteiger partial charge in [0.1, 0.15) is 17.6 Å². The molecule has 1 unspecified atom stereocenters. The molecule has 0 aromatic rings. The highest BCUT2D eigenvalue weighted by Crippen LogP contribution is 2.70. The van der Waals surface area contributed by atoms with Gasteiger partial charge in [0.15, 0.2) is 0 Å². The van der Waals surface area contributed by atoms with E-state index in [9.17, 15) is 4.79 Å². The first kappa shape index (κ1) is 16.6. The van der Waals surface area contributed by atoms with E-state index in [1.165, 1.54) is 45.2 Å². The highest BCUT2D eigenvalue weighted by molar-refractivity contribution is 5.76. The molecule has 0 aromatic carbocycles. The first-order valence-corrected chi connectivity index (χ1v) is 10.7. The van der Waals surface area contributed by atoms with Gasteiger partial charge in [0.2, 0.25) is 0 Å². The maximum atomic E-state index is 12.8. The number of esters is 1. The number of quaternary nitrogens is 1. The van der Waals surface area contributed by atoms with E-state index in [1.54, 1.807) is 4.90 Å². The van der Waals surface area contributed by atoms with E-state index >= 15 is 0 Å². The number of carbonyl (C=O) groups excluding carboxylic acids is 1. The van der Waals surface area contributed by atoms with Crippen LogP contribution in [0.5, 0.6) is 0 Å². The highest BCUT2D eigenvalue weighted by atomic mass is 16.6. The smallest absolute Gasteiger partial charge is 0.315 e. The van der Waals surface area contributed by atoms with Crippen molar-refractivity contribution in [2.24, 2.45) is 29.1 Å². The summed E-state index contributed by atoms with van der Waals surface area (Å²) in [6.07, 6.45) is 7.83. The van der Waals surface area contributed by atoms with Crippen LogP contribution in [0.1, 0.15) is 59.3 Å². The maximum absolute atomic E-state index is 12.8. The number of carbonyl (C=O) groups is 1. The van der Waals surface area contributed by atoms with Gasteiger partial charge in [0.05, 0.1) is 25.7 Å². The van der Waals surface area contributed by atoms with Crippen LogP contribution in [-0.4, -0.2) is 43.4 Å². The summed E-state index contributed by atoms with van der Waals surface area (Å²) in [6.45, 7) is 10.5. The van der Waals surface area contributed by atoms with Gasteiger partial charge < -0.3 is 14.4 Å². The number of ether oxygens (including phenoxy) is 2. The van der Waals surface area contributed by atoms with E-state index in [0.717, 1.165) is 18.9 Å². The number of epoxide rings is 1. The van der Waals surface area contributed by atoms with Crippen LogP contribution >= 0.6 is 0 Å². The van der Waals surface area contributed by atoms with E-state index in [1.807, 2.05) is 0 Å². The molecular weight excluding hydrogens is 314 g/mol. The Morgan fingerprint density at radius 2 is 2.08 bits per heavy atom. The van der Waals surface area contributed by atoms with Crippen molar-refractivity contribution in [1.29, 1.82) is 0 Å². The molecule has 0 radical (unpaired) electrons. The van der Waals surface area contributed by atoms with Gasteiger partial charge in [-0.15, -0.1) is 0 Å². The summed E-state index contributed by atoms with van der Waals surface area (Å²) in [7, 11) is 0. The third-order valence-corrected chi connectivity index (χ3v) is 8.57. The van der Waals surface area contributed by atoms with Crippen molar-refractivity contribution >= 4 is 5.97 Å². The minimum Gasteiger partial charge on any atom is -0.462 e. The van der Waals surface area contributed by atoms with Crippen LogP contribution in [0, 0.1) is 29.1 Å². The van der Waals surface area contributed by atoms with E-state index in [0.29, 0.717) is 11.8 Å². The van der Waals surface area contributed by atoms with Crippen LogP contribution in [0.15, 0.2) is 0 Å². The van der Waals surface area contributed by atoms with Gasteiger partial charge in [0, 0.05) is 17.3 Å². The zero-order valence-electron chi connectivity index (χ0n) is 16.1. The third-order valence-electron chi connectivity index (χ3n) is 8.57. The topological polar surface area (TPSA) is 43.3 Å². The van der Waals surface area contributed by atoms with Gasteiger partial charge in [0.25, 0.3) is 0 Å². The van der Waals surface area contributed by atoms with E-state index in [4.69, 9.17) is 9.47 Å². The number of likely N-dealkylation sites (tertiary alicyclic amines) is 1. The number of nitrogens with one attached hydrogen (secondary N) is 1. The van der Waals surface area contributed by atoms with E-state index in [-0.39, 0.29) is 35.1 Å². The quantitative estimate of drug-likeness (QED) is 0.612. The van der Waals surface area contributed by atoms with Gasteiger partial charge in [-0.1, -0.05) is 27.2 Å². The summed E-state index contributed by atoms with van der Waals surface area (Å²) in [6, 6.07) is 0. The maximum Gasteiger partial charge on any atom is 0.315 e. The third kappa shape index (κ3) is 2.22. The molecule has 5 aliphatic rings. The summed E-state index contributed by atoms with van der Waals surface area (Å²) in [4.78, 5) is 14.4. The van der Waals surface area contributed by atoms with Crippen molar-refractivity contribution in [1.82, 2.24) is 0 Å². The molecule has 4 heteroatoms. The molecule has 3 aliphatic heterocycles. The molecule has 2 saturated carbocycles. The van der Waals surface area contributed by atoms with Crippen LogP contribution in [-0.2, 0) is 14.3 Å². The first-order valence-electron chi connectivity index (χ1n) is 10.7. The van der Waals surface area contributed by atoms with E-state index < -0.39 is 0 Å². The molecule has 2 aliphatic carbocycles. The first-order chi connectivity index (χ1) is 11.9. The standard InChI is InChI=1S/C21H33NO3/c1-13-6-5-9-22(11-13)12-15-17-16(24-19(15)23)10-20(3)8-4-7-14(2)21(20)18(17)25-21/h13-18H,4-12H2,1-3H3/p+1/t13-,14+,15-,16-,17-,18+,20-,21+/m1/s1. The van der Waals surface area contributed by atoms with Crippen LogP contribution in [0.3, 0.4) is 0 Å². The zero-order chi connectivity index (χ0) is 17.4. The molecule has 3 heterocycles. The van der Waals surface area contributed by atoms with Crippen molar-refractivity contribution in [3.05, 3.63) is 0 Å². The molecule has 3 saturated heterocycles. The van der Waals surface area contributed by atoms with Gasteiger partial charge in [-0.2, -0.15) is 0 Å². The second kappa shape index (κ2) is 5.45. The van der Waals surface area contributed by atoms with Gasteiger partial charge in [-0.05, 0) is 38.0 Å². The zero-order valence-corrected chi connectivity index (χ0v) is 16.1. The molecule has 4 nitrogen and oxygen atoms in total. The summed E-state index contributed by atoms with van der Waals surface area (Å²) in [5.41, 5.74) is 0.251. The number of piperidine rings is 1. The Hall–Kier alpha value is -0.610. The van der Waals surface area contributed by atoms with Crippen molar-refractivity contribution in [2.75, 3.05) is 19.6 Å². The van der Waals surface area contributed by atoms with Crippen LogP contribution < -0.4 is 4.90 Å². The summed E-state index contributed by atoms with van der Waals surface area (Å²) in [5.74, 6) is 1.85. The minimum absolute atomic E-state index is 0.0448. The SMILES string of the molecule is C[C@@H]1CCC[NH+](C[C@H]2C(=O)O[C@@H]3C[C@@]4(C)CCC[C@H](C)[C@@]45O[C@H]5[C@@H]32)C1. The fourth-order valence-electron chi connectivity index (χ4n) is 7.36. The number of rotatable bonds is 2. The summed E-state index contributed by atoms with van der Waals surface area (Å²) >= 11 is 0. The molecule has 25 heavy (non-hydrogen) atoms. The Bertz CT molecular complexity index is 579. The lowest BCUT2D eigenvalue weighted by Crippen LogP contribution is -3.14. The Labute approximate surface area is 151 Å². The molecule has 140 valence electrons. The largest absolute Gasteiger partial charge is 0.462 e. The van der Waals surface area contributed by atoms with Gasteiger partial charge in [-0.25, -0.2) is 0 Å². The van der Waals surface area contributed by atoms with E-state index in [2.05, 4.69) is 20.8 Å². The molecule has 0 aromatic heterocycles. The lowest BCUT2D eigenvalue weighted by molar-refractivity contribution is -0.911. The van der Waals surface area contributed by atoms with Crippen molar-refractivity contribution in [3.8, 4) is 0 Å². The predicted octanol–water partition coefficient (Wildman–Crippen LogP) is 1.83. The predicted molar refractivity (Wildman–Crippen MR) is 94.2 cm³/mol. The summed E-state index contributed by atoms with van der Waals surface area (Å²) in [5, 5.41) is 0. The Balaban J connectivity index is 1.39. The molecule has 1 N–H and O–H groups in total. The Morgan fingerprint density at radius 1 is 1.24 bits per heavy atom. The van der Waals surface area contributed by atoms with Gasteiger partial charge in [-0.3, -0.25) is 4.79 Å².